The van der Waals surface area contributed by atoms with Crippen LogP contribution in [0.25, 0.3) is 0 Å². The first kappa shape index (κ1) is 22.9. The lowest BCUT2D eigenvalue weighted by Gasteiger charge is -2.41. The quantitative estimate of drug-likeness (QED) is 0.354. The van der Waals surface area contributed by atoms with Gasteiger partial charge in [0.15, 0.2) is 0 Å². The van der Waals surface area contributed by atoms with Crippen molar-refractivity contribution in [2.24, 2.45) is 0 Å². The predicted octanol–water partition coefficient (Wildman–Crippen LogP) is 4.65. The van der Waals surface area contributed by atoms with Gasteiger partial charge in [-0.05, 0) is 38.5 Å². The number of rotatable bonds is 10. The van der Waals surface area contributed by atoms with Crippen LogP contribution in [-0.4, -0.2) is 49.9 Å². The summed E-state index contributed by atoms with van der Waals surface area (Å²) in [6.07, 6.45) is 16.7. The van der Waals surface area contributed by atoms with Gasteiger partial charge in [-0.25, -0.2) is 0 Å². The van der Waals surface area contributed by atoms with E-state index in [2.05, 4.69) is 13.8 Å². The highest BCUT2D eigenvalue weighted by molar-refractivity contribution is 7.85. The van der Waals surface area contributed by atoms with Gasteiger partial charge in [0.1, 0.15) is 0 Å². The van der Waals surface area contributed by atoms with E-state index in [4.69, 9.17) is 4.55 Å². The smallest absolute Gasteiger partial charge is 0.261 e. The van der Waals surface area contributed by atoms with Gasteiger partial charge in [-0.1, -0.05) is 46.0 Å². The Morgan fingerprint density at radius 2 is 1.26 bits per heavy atom. The number of nitrogens with zero attached hydrogens (tertiary/aromatic N) is 1. The summed E-state index contributed by atoms with van der Waals surface area (Å²) in [5.41, 5.74) is 0. The van der Waals surface area contributed by atoms with Crippen molar-refractivity contribution in [1.29, 1.82) is 0 Å². The largest absolute Gasteiger partial charge is 0.324 e. The van der Waals surface area contributed by atoms with Crippen LogP contribution in [0.4, 0.5) is 0 Å². The van der Waals surface area contributed by atoms with Crippen molar-refractivity contribution >= 4 is 10.1 Å². The van der Waals surface area contributed by atoms with Crippen LogP contribution in [0.15, 0.2) is 0 Å². The number of quaternary nitrogens is 1. The topological polar surface area (TPSA) is 54.4 Å². The molecule has 1 rings (SSSR count). The van der Waals surface area contributed by atoms with E-state index in [1.807, 2.05) is 0 Å². The Kier molecular flexibility index (Phi) is 13.1. The summed E-state index contributed by atoms with van der Waals surface area (Å²) in [6.45, 7) is 10.5. The van der Waals surface area contributed by atoms with E-state index < -0.39 is 10.1 Å². The molecule has 23 heavy (non-hydrogen) atoms. The van der Waals surface area contributed by atoms with E-state index in [1.54, 1.807) is 0 Å². The second-order valence-electron chi connectivity index (χ2n) is 7.15. The Bertz CT molecular complexity index is 349. The first-order chi connectivity index (χ1) is 10.8. The van der Waals surface area contributed by atoms with Gasteiger partial charge >= 0.3 is 0 Å². The maximum Gasteiger partial charge on any atom is 0.261 e. The Labute approximate surface area is 145 Å². The van der Waals surface area contributed by atoms with Crippen LogP contribution in [0.5, 0.6) is 0 Å². The normalized spacial score (nSPS) is 17.4. The first-order valence-corrected chi connectivity index (χ1v) is 11.5. The molecule has 1 fully saturated rings. The fraction of sp³-hybridized carbons (Fsp3) is 1.00. The van der Waals surface area contributed by atoms with Crippen molar-refractivity contribution < 1.29 is 17.5 Å². The summed E-state index contributed by atoms with van der Waals surface area (Å²) < 4.78 is 27.3. The minimum absolute atomic E-state index is 0.715. The molecule has 4 nitrogen and oxygen atoms in total. The Balaban J connectivity index is 0.000000841. The van der Waals surface area contributed by atoms with Gasteiger partial charge in [-0.15, -0.1) is 0 Å². The minimum Gasteiger partial charge on any atom is -0.324 e. The lowest BCUT2D eigenvalue weighted by atomic mass is 10.0. The average molecular weight is 351 g/mol. The molecule has 0 aromatic carbocycles. The van der Waals surface area contributed by atoms with Gasteiger partial charge in [0, 0.05) is 0 Å². The lowest BCUT2D eigenvalue weighted by Crippen LogP contribution is -2.52. The second kappa shape index (κ2) is 13.2. The molecule has 0 atom stereocenters. The zero-order valence-electron chi connectivity index (χ0n) is 15.7. The highest BCUT2D eigenvalue weighted by Gasteiger charge is 2.27. The van der Waals surface area contributed by atoms with E-state index in [1.165, 1.54) is 101 Å². The summed E-state index contributed by atoms with van der Waals surface area (Å²) in [6, 6.07) is 0. The molecule has 1 saturated heterocycles. The average Bonchev–Trinajstić information content (AvgIpc) is 2.46. The van der Waals surface area contributed by atoms with Gasteiger partial charge in [0.25, 0.3) is 10.1 Å². The summed E-state index contributed by atoms with van der Waals surface area (Å²) in [5, 5.41) is 0. The third kappa shape index (κ3) is 15.2. The summed E-state index contributed by atoms with van der Waals surface area (Å²) in [5.74, 6) is 0. The molecule has 0 unspecified atom stereocenters. The predicted molar refractivity (Wildman–Crippen MR) is 99.3 cm³/mol. The van der Waals surface area contributed by atoms with Crippen LogP contribution in [0.1, 0.15) is 84.5 Å². The first-order valence-electron chi connectivity index (χ1n) is 9.60. The van der Waals surface area contributed by atoms with Crippen molar-refractivity contribution in [1.82, 2.24) is 0 Å². The molecule has 0 saturated carbocycles. The summed E-state index contributed by atoms with van der Waals surface area (Å²) in [4.78, 5) is 0. The zero-order valence-corrected chi connectivity index (χ0v) is 16.5. The molecule has 1 aliphatic rings. The fourth-order valence-electron chi connectivity index (χ4n) is 3.62. The van der Waals surface area contributed by atoms with Crippen LogP contribution in [0, 0.1) is 0 Å². The third-order valence-corrected chi connectivity index (χ3v) is 4.70. The van der Waals surface area contributed by atoms with Gasteiger partial charge < -0.3 is 4.48 Å². The van der Waals surface area contributed by atoms with Crippen molar-refractivity contribution in [2.75, 3.05) is 32.4 Å². The maximum atomic E-state index is 9.19. The molecule has 0 radical (unpaired) electrons. The van der Waals surface area contributed by atoms with E-state index >= 15 is 0 Å². The number of hydrogen-bond donors (Lipinski definition) is 1. The van der Waals surface area contributed by atoms with E-state index in [0.29, 0.717) is 6.26 Å². The monoisotopic (exact) mass is 350 g/mol. The number of likely N-dealkylation sites (tertiary alicyclic amines) is 1. The van der Waals surface area contributed by atoms with Crippen molar-refractivity contribution in [3.8, 4) is 0 Å². The molecule has 140 valence electrons. The Morgan fingerprint density at radius 1 is 0.783 bits per heavy atom. The van der Waals surface area contributed by atoms with Gasteiger partial charge in [-0.3, -0.25) is 4.55 Å². The molecular formula is C18H40NO3S+. The van der Waals surface area contributed by atoms with Crippen LogP contribution in [0.2, 0.25) is 0 Å². The number of unbranched alkanes of at least 4 members (excludes halogenated alkanes) is 6. The van der Waals surface area contributed by atoms with E-state index in [-0.39, 0.29) is 0 Å². The van der Waals surface area contributed by atoms with Gasteiger partial charge in [0.2, 0.25) is 0 Å². The molecule has 5 heteroatoms. The van der Waals surface area contributed by atoms with Crippen LogP contribution in [0.3, 0.4) is 0 Å². The molecule has 0 spiro atoms. The van der Waals surface area contributed by atoms with Crippen molar-refractivity contribution in [2.45, 2.75) is 84.5 Å². The molecule has 1 heterocycles. The number of piperidine rings is 1. The molecule has 0 aromatic heterocycles. The maximum absolute atomic E-state index is 9.19. The lowest BCUT2D eigenvalue weighted by molar-refractivity contribution is -0.932. The molecule has 0 aromatic rings. The molecule has 0 bridgehead atoms. The summed E-state index contributed by atoms with van der Waals surface area (Å²) in [7, 11) is -3.67. The molecule has 1 aliphatic heterocycles. The van der Waals surface area contributed by atoms with Crippen LogP contribution in [-0.2, 0) is 10.1 Å². The van der Waals surface area contributed by atoms with Gasteiger partial charge in [0.05, 0.1) is 32.4 Å². The van der Waals surface area contributed by atoms with Gasteiger partial charge in [-0.2, -0.15) is 8.42 Å². The molecule has 0 amide bonds. The van der Waals surface area contributed by atoms with Crippen LogP contribution < -0.4 is 0 Å². The standard InChI is InChI=1S/C17H36N.CH4O3S/c1-3-5-6-7-8-9-11-15-18(14-4-2)16-12-10-13-17-18;1-5(2,3)4/h3-17H2,1-2H3;1H3,(H,2,3,4)/q+1;. The van der Waals surface area contributed by atoms with E-state index in [9.17, 15) is 8.42 Å². The van der Waals surface area contributed by atoms with E-state index in [0.717, 1.165) is 0 Å². The molecule has 0 aliphatic carbocycles. The van der Waals surface area contributed by atoms with Crippen molar-refractivity contribution in [3.63, 3.8) is 0 Å². The zero-order chi connectivity index (χ0) is 17.6. The Hall–Kier alpha value is -0.130. The number of hydrogen-bond acceptors (Lipinski definition) is 2. The molecule has 1 N–H and O–H groups in total. The summed E-state index contributed by atoms with van der Waals surface area (Å²) >= 11 is 0. The SMILES string of the molecule is CCCCCCCCC[N+]1(CCC)CCCCC1.CS(=O)(=O)O. The van der Waals surface area contributed by atoms with Crippen molar-refractivity contribution in [3.05, 3.63) is 0 Å². The fourth-order valence-corrected chi connectivity index (χ4v) is 3.62. The van der Waals surface area contributed by atoms with Crippen LogP contribution >= 0.6 is 0 Å². The minimum atomic E-state index is -3.67. The molecular weight excluding hydrogens is 310 g/mol. The highest BCUT2D eigenvalue weighted by atomic mass is 32.2. The highest BCUT2D eigenvalue weighted by Crippen LogP contribution is 2.21. The third-order valence-electron chi connectivity index (χ3n) is 4.70. The second-order valence-corrected chi connectivity index (χ2v) is 8.62. The Morgan fingerprint density at radius 3 is 1.74 bits per heavy atom.